The van der Waals surface area contributed by atoms with Gasteiger partial charge in [-0.05, 0) is 67.1 Å². The van der Waals surface area contributed by atoms with E-state index in [4.69, 9.17) is 56.6 Å². The summed E-state index contributed by atoms with van der Waals surface area (Å²) < 4.78 is 36.8. The molecule has 12 nitrogen and oxygen atoms in total. The van der Waals surface area contributed by atoms with Gasteiger partial charge in [0, 0.05) is 52.8 Å². The lowest BCUT2D eigenvalue weighted by atomic mass is 10.1. The first-order valence-electron chi connectivity index (χ1n) is 19.3. The molecule has 0 bridgehead atoms. The summed E-state index contributed by atoms with van der Waals surface area (Å²) in [6.45, 7) is 8.15. The molecule has 1 unspecified atom stereocenters. The van der Waals surface area contributed by atoms with E-state index in [2.05, 4.69) is 58.9 Å². The fraction of sp³-hybridized carbons (Fsp3) is 0.341. The van der Waals surface area contributed by atoms with E-state index in [1.54, 1.807) is 29.9 Å². The Balaban J connectivity index is 0.000000240. The number of carbonyl (C=O) groups is 1. The Morgan fingerprint density at radius 1 is 0.814 bits per heavy atom. The number of aryl methyl sites for hydroxylation is 1. The number of rotatable bonds is 25. The first-order valence-corrected chi connectivity index (χ1v) is 20.9. The number of anilines is 1. The number of nitrogens with zero attached hydrogens (tertiary/aromatic N) is 3. The Morgan fingerprint density at radius 2 is 1.51 bits per heavy atom. The number of thiazole rings is 1. The lowest BCUT2D eigenvalue weighted by molar-refractivity contribution is -0.109. The number of hydrogen-bond donors (Lipinski definition) is 2. The molecule has 4 aromatic carbocycles. The summed E-state index contributed by atoms with van der Waals surface area (Å²) in [5, 5.41) is 7.87. The number of carbonyl (C=O) groups excluding carboxylic acids is 1. The minimum atomic E-state index is -0.190. The average molecular weight is 865 g/mol. The van der Waals surface area contributed by atoms with Gasteiger partial charge in [-0.25, -0.2) is 9.97 Å². The Bertz CT molecular complexity index is 2090. The molecular formula is C44H51Cl2N5O7S. The molecule has 0 radical (unpaired) electrons. The van der Waals surface area contributed by atoms with Crippen molar-refractivity contribution in [2.75, 3.05) is 78.4 Å². The molecule has 0 fully saturated rings. The van der Waals surface area contributed by atoms with Crippen LogP contribution >= 0.6 is 34.5 Å². The minimum absolute atomic E-state index is 0.190. The molecule has 0 aliphatic carbocycles. The lowest BCUT2D eigenvalue weighted by Crippen LogP contribution is -2.19. The quantitative estimate of drug-likeness (QED) is 0.0427. The van der Waals surface area contributed by atoms with Gasteiger partial charge in [-0.2, -0.15) is 0 Å². The summed E-state index contributed by atoms with van der Waals surface area (Å²) in [7, 11) is 1.91. The van der Waals surface area contributed by atoms with Crippen LogP contribution in [0, 0.1) is 6.92 Å². The topological polar surface area (TPSA) is 127 Å². The molecule has 15 heteroatoms. The number of halogens is 2. The van der Waals surface area contributed by atoms with Crippen LogP contribution in [0.25, 0.3) is 20.8 Å². The predicted octanol–water partition coefficient (Wildman–Crippen LogP) is 8.65. The van der Waals surface area contributed by atoms with Gasteiger partial charge in [0.1, 0.15) is 23.5 Å². The van der Waals surface area contributed by atoms with E-state index in [9.17, 15) is 4.79 Å². The number of fused-ring (bicyclic) bond motifs is 1. The van der Waals surface area contributed by atoms with Crippen LogP contribution in [0.4, 0.5) is 5.69 Å². The van der Waals surface area contributed by atoms with Crippen LogP contribution in [-0.4, -0.2) is 94.0 Å². The van der Waals surface area contributed by atoms with Crippen LogP contribution in [0.5, 0.6) is 5.75 Å². The predicted molar refractivity (Wildman–Crippen MR) is 235 cm³/mol. The zero-order chi connectivity index (χ0) is 41.5. The summed E-state index contributed by atoms with van der Waals surface area (Å²) in [5.74, 6) is 0.805. The molecule has 59 heavy (non-hydrogen) atoms. The molecule has 1 atom stereocenters. The van der Waals surface area contributed by atoms with E-state index in [1.165, 1.54) is 5.56 Å². The van der Waals surface area contributed by atoms with E-state index in [-0.39, 0.29) is 6.10 Å². The first-order chi connectivity index (χ1) is 28.9. The van der Waals surface area contributed by atoms with Crippen molar-refractivity contribution < 1.29 is 33.2 Å². The SMILES string of the molecule is CNc1ccc(-c2nc3ccc(OCCOCCOCCOCCOCCNC=O)cc3s2)cc1.Cc1ccc(COC(Cn2ccnc2)c2ccc(Cl)cc2Cl)cc1. The van der Waals surface area contributed by atoms with Gasteiger partial charge in [0.2, 0.25) is 6.41 Å². The fourth-order valence-electron chi connectivity index (χ4n) is 5.54. The van der Waals surface area contributed by atoms with Crippen molar-refractivity contribution in [2.45, 2.75) is 26.2 Å². The highest BCUT2D eigenvalue weighted by molar-refractivity contribution is 7.21. The summed E-state index contributed by atoms with van der Waals surface area (Å²) in [4.78, 5) is 18.9. The zero-order valence-electron chi connectivity index (χ0n) is 33.3. The number of imidazole rings is 1. The second kappa shape index (κ2) is 25.8. The molecule has 314 valence electrons. The molecule has 0 saturated carbocycles. The second-order valence-electron chi connectivity index (χ2n) is 13.1. The van der Waals surface area contributed by atoms with Crippen LogP contribution in [0.15, 0.2) is 104 Å². The second-order valence-corrected chi connectivity index (χ2v) is 14.9. The Morgan fingerprint density at radius 3 is 2.15 bits per heavy atom. The fourth-order valence-corrected chi connectivity index (χ4v) is 7.07. The van der Waals surface area contributed by atoms with E-state index in [1.807, 2.05) is 60.3 Å². The van der Waals surface area contributed by atoms with Crippen LogP contribution in [0.2, 0.25) is 10.0 Å². The minimum Gasteiger partial charge on any atom is -0.491 e. The molecule has 0 aliphatic heterocycles. The highest BCUT2D eigenvalue weighted by Gasteiger charge is 2.17. The standard InChI is InChI=1S/C25H33N3O6S.C19H18Cl2N2O/c1-26-21-4-2-20(3-5-21)25-28-23-7-6-22(18-24(23)35-25)34-17-16-33-15-14-32-13-12-31-11-10-30-9-8-27-19-29;1-14-2-4-15(5-3-14)12-24-19(11-23-9-8-22-13-23)17-7-6-16(20)10-18(17)21/h2-7,18-19,26H,8-17H2,1H3,(H,27,29);2-10,13,19H,11-12H2,1H3. The molecule has 1 amide bonds. The van der Waals surface area contributed by atoms with Crippen molar-refractivity contribution in [2.24, 2.45) is 0 Å². The number of ether oxygens (including phenoxy) is 6. The van der Waals surface area contributed by atoms with Gasteiger partial charge >= 0.3 is 0 Å². The smallest absolute Gasteiger partial charge is 0.207 e. The van der Waals surface area contributed by atoms with Gasteiger partial charge in [0.25, 0.3) is 0 Å². The summed E-state index contributed by atoms with van der Waals surface area (Å²) in [6, 6.07) is 28.0. The molecule has 0 saturated heterocycles. The normalized spacial score (nSPS) is 11.5. The maximum Gasteiger partial charge on any atom is 0.207 e. The van der Waals surface area contributed by atoms with E-state index >= 15 is 0 Å². The Labute approximate surface area is 359 Å². The van der Waals surface area contributed by atoms with E-state index in [0.717, 1.165) is 43.4 Å². The van der Waals surface area contributed by atoms with Gasteiger partial charge < -0.3 is 43.6 Å². The van der Waals surface area contributed by atoms with Crippen LogP contribution in [-0.2, 0) is 41.6 Å². The largest absolute Gasteiger partial charge is 0.491 e. The molecule has 2 aromatic heterocycles. The van der Waals surface area contributed by atoms with Crippen molar-refractivity contribution in [3.63, 3.8) is 0 Å². The number of nitrogens with one attached hydrogen (secondary N) is 2. The number of hydrogen-bond acceptors (Lipinski definition) is 11. The maximum atomic E-state index is 10.1. The molecule has 2 N–H and O–H groups in total. The molecule has 6 rings (SSSR count). The third-order valence-electron chi connectivity index (χ3n) is 8.68. The van der Waals surface area contributed by atoms with Gasteiger partial charge in [-0.15, -0.1) is 11.3 Å². The van der Waals surface area contributed by atoms with Gasteiger partial charge in [-0.1, -0.05) is 59.1 Å². The lowest BCUT2D eigenvalue weighted by Gasteiger charge is -2.20. The van der Waals surface area contributed by atoms with E-state index < -0.39 is 0 Å². The van der Waals surface area contributed by atoms with E-state index in [0.29, 0.717) is 95.6 Å². The maximum absolute atomic E-state index is 10.1. The Hall–Kier alpha value is -4.57. The van der Waals surface area contributed by atoms with Gasteiger partial charge in [0.05, 0.1) is 82.6 Å². The van der Waals surface area contributed by atoms with Crippen molar-refractivity contribution in [1.29, 1.82) is 0 Å². The van der Waals surface area contributed by atoms with Crippen LogP contribution in [0.1, 0.15) is 22.8 Å². The third kappa shape index (κ3) is 16.2. The average Bonchev–Trinajstić information content (AvgIpc) is 3.93. The van der Waals surface area contributed by atoms with Crippen LogP contribution in [0.3, 0.4) is 0 Å². The van der Waals surface area contributed by atoms with Crippen molar-refractivity contribution in [1.82, 2.24) is 19.9 Å². The molecule has 0 aliphatic rings. The molecular weight excluding hydrogens is 813 g/mol. The van der Waals surface area contributed by atoms with Gasteiger partial charge in [0.15, 0.2) is 0 Å². The molecule has 2 heterocycles. The van der Waals surface area contributed by atoms with Crippen molar-refractivity contribution in [3.8, 4) is 16.3 Å². The third-order valence-corrected chi connectivity index (χ3v) is 10.3. The summed E-state index contributed by atoms with van der Waals surface area (Å²) >= 11 is 14.0. The highest BCUT2D eigenvalue weighted by atomic mass is 35.5. The first kappa shape index (κ1) is 45.5. The van der Waals surface area contributed by atoms with Crippen LogP contribution < -0.4 is 15.4 Å². The summed E-state index contributed by atoms with van der Waals surface area (Å²) in [5.41, 5.74) is 6.42. The monoisotopic (exact) mass is 863 g/mol. The highest BCUT2D eigenvalue weighted by Crippen LogP contribution is 2.33. The zero-order valence-corrected chi connectivity index (χ0v) is 35.6. The van der Waals surface area contributed by atoms with Crippen molar-refractivity contribution >= 4 is 56.9 Å². The molecule has 6 aromatic rings. The number of amides is 1. The number of benzene rings is 4. The van der Waals surface area contributed by atoms with Gasteiger partial charge in [-0.3, -0.25) is 4.79 Å². The number of aromatic nitrogens is 3. The summed E-state index contributed by atoms with van der Waals surface area (Å²) in [6.07, 6.45) is 5.89. The molecule has 0 spiro atoms. The van der Waals surface area contributed by atoms with Crippen molar-refractivity contribution in [3.05, 3.63) is 130 Å². The Kier molecular flexibility index (Phi) is 19.9.